The van der Waals surface area contributed by atoms with Gasteiger partial charge in [-0.3, -0.25) is 0 Å². The van der Waals surface area contributed by atoms with Crippen LogP contribution in [0.1, 0.15) is 39.7 Å². The Hall–Kier alpha value is -0.600. The number of benzene rings is 1. The minimum absolute atomic E-state index is 0.0760. The standard InChI is InChI=1S/C16H25ClFN/c1-5-8-19-11-16(4,12(2)3)10-13-9-14(18)6-7-15(13)17/h6-7,9,12,19H,5,8,10-11H2,1-4H3. The Labute approximate surface area is 121 Å². The van der Waals surface area contributed by atoms with Crippen LogP contribution in [0.25, 0.3) is 0 Å². The first-order valence-electron chi connectivity index (χ1n) is 7.03. The van der Waals surface area contributed by atoms with Crippen molar-refractivity contribution in [3.8, 4) is 0 Å². The van der Waals surface area contributed by atoms with Crippen LogP contribution in [-0.4, -0.2) is 13.1 Å². The smallest absolute Gasteiger partial charge is 0.123 e. The molecule has 1 nitrogen and oxygen atoms in total. The molecule has 0 aliphatic heterocycles. The number of halogens is 2. The molecule has 1 aromatic carbocycles. The molecule has 19 heavy (non-hydrogen) atoms. The van der Waals surface area contributed by atoms with Gasteiger partial charge in [-0.25, -0.2) is 4.39 Å². The van der Waals surface area contributed by atoms with Crippen molar-refractivity contribution in [1.29, 1.82) is 0 Å². The zero-order valence-electron chi connectivity index (χ0n) is 12.4. The Bertz CT molecular complexity index is 406. The van der Waals surface area contributed by atoms with Crippen molar-refractivity contribution in [3.63, 3.8) is 0 Å². The average Bonchev–Trinajstić information content (AvgIpc) is 2.34. The van der Waals surface area contributed by atoms with E-state index in [1.807, 2.05) is 0 Å². The summed E-state index contributed by atoms with van der Waals surface area (Å²) in [6.45, 7) is 10.7. The summed E-state index contributed by atoms with van der Waals surface area (Å²) in [5.74, 6) is 0.281. The fraction of sp³-hybridized carbons (Fsp3) is 0.625. The molecule has 0 aliphatic carbocycles. The van der Waals surface area contributed by atoms with Crippen LogP contribution in [-0.2, 0) is 6.42 Å². The minimum atomic E-state index is -0.216. The molecule has 0 fully saturated rings. The lowest BCUT2D eigenvalue weighted by atomic mass is 9.74. The molecule has 1 aromatic rings. The van der Waals surface area contributed by atoms with Gasteiger partial charge in [0.2, 0.25) is 0 Å². The molecule has 1 atom stereocenters. The van der Waals surface area contributed by atoms with Crippen molar-refractivity contribution >= 4 is 11.6 Å². The van der Waals surface area contributed by atoms with Crippen molar-refractivity contribution in [2.45, 2.75) is 40.5 Å². The number of hydrogen-bond donors (Lipinski definition) is 1. The number of hydrogen-bond acceptors (Lipinski definition) is 1. The normalized spacial score (nSPS) is 14.7. The first kappa shape index (κ1) is 16.5. The molecule has 0 aromatic heterocycles. The van der Waals surface area contributed by atoms with Crippen LogP contribution in [0.3, 0.4) is 0 Å². The molecule has 0 spiro atoms. The Balaban J connectivity index is 2.85. The van der Waals surface area contributed by atoms with Crippen molar-refractivity contribution in [1.82, 2.24) is 5.32 Å². The lowest BCUT2D eigenvalue weighted by Crippen LogP contribution is -2.38. The van der Waals surface area contributed by atoms with Gasteiger partial charge >= 0.3 is 0 Å². The topological polar surface area (TPSA) is 12.0 Å². The Morgan fingerprint density at radius 2 is 2.05 bits per heavy atom. The largest absolute Gasteiger partial charge is 0.316 e. The van der Waals surface area contributed by atoms with Gasteiger partial charge in [0.15, 0.2) is 0 Å². The summed E-state index contributed by atoms with van der Waals surface area (Å²) < 4.78 is 13.4. The Morgan fingerprint density at radius 1 is 1.37 bits per heavy atom. The second kappa shape index (κ2) is 7.25. The summed E-state index contributed by atoms with van der Waals surface area (Å²) in [5, 5.41) is 4.13. The van der Waals surface area contributed by atoms with Crippen LogP contribution in [0.4, 0.5) is 4.39 Å². The van der Waals surface area contributed by atoms with Gasteiger partial charge < -0.3 is 5.32 Å². The maximum Gasteiger partial charge on any atom is 0.123 e. The quantitative estimate of drug-likeness (QED) is 0.717. The molecule has 0 saturated carbocycles. The third-order valence-corrected chi connectivity index (χ3v) is 4.32. The highest BCUT2D eigenvalue weighted by Crippen LogP contribution is 2.33. The molecular formula is C16H25ClFN. The monoisotopic (exact) mass is 285 g/mol. The van der Waals surface area contributed by atoms with Gasteiger partial charge in [-0.15, -0.1) is 0 Å². The molecule has 1 N–H and O–H groups in total. The molecule has 0 aliphatic rings. The van der Waals surface area contributed by atoms with Gasteiger partial charge in [0.1, 0.15) is 5.82 Å². The molecule has 0 saturated heterocycles. The van der Waals surface area contributed by atoms with Crippen LogP contribution in [0.2, 0.25) is 5.02 Å². The molecule has 1 rings (SSSR count). The third-order valence-electron chi connectivity index (χ3n) is 3.95. The van der Waals surface area contributed by atoms with Crippen LogP contribution in [0, 0.1) is 17.2 Å². The highest BCUT2D eigenvalue weighted by molar-refractivity contribution is 6.31. The maximum absolute atomic E-state index is 13.4. The summed E-state index contributed by atoms with van der Waals surface area (Å²) in [5.41, 5.74) is 0.975. The van der Waals surface area contributed by atoms with Crippen molar-refractivity contribution in [3.05, 3.63) is 34.6 Å². The SMILES string of the molecule is CCCNCC(C)(Cc1cc(F)ccc1Cl)C(C)C. The van der Waals surface area contributed by atoms with E-state index in [-0.39, 0.29) is 11.2 Å². The second-order valence-corrected chi connectivity index (χ2v) is 6.31. The molecule has 108 valence electrons. The van der Waals surface area contributed by atoms with E-state index in [1.54, 1.807) is 12.1 Å². The summed E-state index contributed by atoms with van der Waals surface area (Å²) in [6.07, 6.45) is 1.91. The van der Waals surface area contributed by atoms with Gasteiger partial charge in [0, 0.05) is 11.6 Å². The van der Waals surface area contributed by atoms with E-state index in [2.05, 4.69) is 33.0 Å². The van der Waals surface area contributed by atoms with Crippen LogP contribution >= 0.6 is 11.6 Å². The zero-order chi connectivity index (χ0) is 14.5. The summed E-state index contributed by atoms with van der Waals surface area (Å²) in [4.78, 5) is 0. The van der Waals surface area contributed by atoms with E-state index in [4.69, 9.17) is 11.6 Å². The molecule has 0 amide bonds. The lowest BCUT2D eigenvalue weighted by molar-refractivity contribution is 0.207. The van der Waals surface area contributed by atoms with E-state index >= 15 is 0 Å². The van der Waals surface area contributed by atoms with Crippen molar-refractivity contribution in [2.75, 3.05) is 13.1 Å². The Morgan fingerprint density at radius 3 is 2.63 bits per heavy atom. The van der Waals surface area contributed by atoms with E-state index in [0.29, 0.717) is 10.9 Å². The van der Waals surface area contributed by atoms with Crippen LogP contribution in [0.5, 0.6) is 0 Å². The van der Waals surface area contributed by atoms with Gasteiger partial charge in [-0.1, -0.05) is 39.3 Å². The number of rotatable bonds is 7. The summed E-state index contributed by atoms with van der Waals surface area (Å²) in [7, 11) is 0. The van der Waals surface area contributed by atoms with E-state index in [1.165, 1.54) is 6.07 Å². The highest BCUT2D eigenvalue weighted by Gasteiger charge is 2.29. The molecular weight excluding hydrogens is 261 g/mol. The highest BCUT2D eigenvalue weighted by atomic mass is 35.5. The van der Waals surface area contributed by atoms with E-state index in [9.17, 15) is 4.39 Å². The molecule has 3 heteroatoms. The van der Waals surface area contributed by atoms with Gasteiger partial charge in [0.25, 0.3) is 0 Å². The summed E-state index contributed by atoms with van der Waals surface area (Å²) >= 11 is 6.18. The maximum atomic E-state index is 13.4. The zero-order valence-corrected chi connectivity index (χ0v) is 13.1. The van der Waals surface area contributed by atoms with Gasteiger partial charge in [-0.05, 0) is 54.5 Å². The minimum Gasteiger partial charge on any atom is -0.316 e. The first-order chi connectivity index (χ1) is 8.89. The van der Waals surface area contributed by atoms with Gasteiger partial charge in [-0.2, -0.15) is 0 Å². The summed E-state index contributed by atoms with van der Waals surface area (Å²) in [6, 6.07) is 4.61. The van der Waals surface area contributed by atoms with Crippen LogP contribution < -0.4 is 5.32 Å². The molecule has 0 heterocycles. The van der Waals surface area contributed by atoms with Gasteiger partial charge in [0.05, 0.1) is 0 Å². The third kappa shape index (κ3) is 4.77. The molecule has 0 bridgehead atoms. The Kier molecular flexibility index (Phi) is 6.28. The first-order valence-corrected chi connectivity index (χ1v) is 7.41. The number of nitrogens with one attached hydrogen (secondary N) is 1. The fourth-order valence-electron chi connectivity index (χ4n) is 2.14. The van der Waals surface area contributed by atoms with E-state index < -0.39 is 0 Å². The average molecular weight is 286 g/mol. The fourth-order valence-corrected chi connectivity index (χ4v) is 2.32. The predicted molar refractivity (Wildman–Crippen MR) is 81.2 cm³/mol. The molecule has 0 radical (unpaired) electrons. The second-order valence-electron chi connectivity index (χ2n) is 5.90. The van der Waals surface area contributed by atoms with Crippen molar-refractivity contribution < 1.29 is 4.39 Å². The predicted octanol–water partition coefficient (Wildman–Crippen LogP) is 4.68. The van der Waals surface area contributed by atoms with Crippen molar-refractivity contribution in [2.24, 2.45) is 11.3 Å². The molecule has 1 unspecified atom stereocenters. The van der Waals surface area contributed by atoms with E-state index in [0.717, 1.165) is 31.5 Å². The lowest BCUT2D eigenvalue weighted by Gasteiger charge is -2.34. The van der Waals surface area contributed by atoms with Crippen LogP contribution in [0.15, 0.2) is 18.2 Å².